The lowest BCUT2D eigenvalue weighted by atomic mass is 10.2. The standard InChI is InChI=1S/C18H20ClN3O3/c1-20(18(24)16-7-4-12-25-16)13-17(23)22-10-8-21(9-11-22)15-6-3-2-5-14(15)19/h2-7,12H,8-11,13H2,1H3. The van der Waals surface area contributed by atoms with Gasteiger partial charge in [-0.3, -0.25) is 9.59 Å². The van der Waals surface area contributed by atoms with Crippen molar-refractivity contribution < 1.29 is 14.0 Å². The molecule has 1 aliphatic heterocycles. The Morgan fingerprint density at radius 3 is 2.48 bits per heavy atom. The lowest BCUT2D eigenvalue weighted by molar-refractivity contribution is -0.132. The van der Waals surface area contributed by atoms with Crippen LogP contribution >= 0.6 is 11.6 Å². The molecule has 1 fully saturated rings. The lowest BCUT2D eigenvalue weighted by Gasteiger charge is -2.37. The maximum absolute atomic E-state index is 12.4. The first-order valence-corrected chi connectivity index (χ1v) is 8.50. The molecule has 6 nitrogen and oxygen atoms in total. The zero-order valence-electron chi connectivity index (χ0n) is 14.0. The smallest absolute Gasteiger partial charge is 0.289 e. The molecule has 2 heterocycles. The Bertz CT molecular complexity index is 740. The first-order chi connectivity index (χ1) is 12.1. The second-order valence-electron chi connectivity index (χ2n) is 5.96. The maximum Gasteiger partial charge on any atom is 0.289 e. The van der Waals surface area contributed by atoms with Crippen molar-refractivity contribution >= 4 is 29.1 Å². The molecule has 0 radical (unpaired) electrons. The van der Waals surface area contributed by atoms with Crippen molar-refractivity contribution in [2.24, 2.45) is 0 Å². The summed E-state index contributed by atoms with van der Waals surface area (Å²) in [5, 5.41) is 0.714. The van der Waals surface area contributed by atoms with Gasteiger partial charge in [-0.15, -0.1) is 0 Å². The van der Waals surface area contributed by atoms with Crippen LogP contribution in [0, 0.1) is 0 Å². The highest BCUT2D eigenvalue weighted by Crippen LogP contribution is 2.26. The van der Waals surface area contributed by atoms with Crippen LogP contribution in [0.25, 0.3) is 0 Å². The molecule has 0 aliphatic carbocycles. The van der Waals surface area contributed by atoms with Gasteiger partial charge in [0.15, 0.2) is 5.76 Å². The summed E-state index contributed by atoms with van der Waals surface area (Å²) in [6.07, 6.45) is 1.44. The monoisotopic (exact) mass is 361 g/mol. The number of carbonyl (C=O) groups is 2. The van der Waals surface area contributed by atoms with Crippen molar-refractivity contribution in [2.75, 3.05) is 44.7 Å². The van der Waals surface area contributed by atoms with Crippen LogP contribution in [0.5, 0.6) is 0 Å². The van der Waals surface area contributed by atoms with E-state index in [1.807, 2.05) is 24.3 Å². The number of anilines is 1. The van der Waals surface area contributed by atoms with E-state index in [1.54, 1.807) is 24.1 Å². The first kappa shape index (κ1) is 17.4. The zero-order valence-corrected chi connectivity index (χ0v) is 14.8. The number of para-hydroxylation sites is 1. The van der Waals surface area contributed by atoms with Crippen molar-refractivity contribution in [1.82, 2.24) is 9.80 Å². The molecule has 1 aromatic heterocycles. The van der Waals surface area contributed by atoms with E-state index in [1.165, 1.54) is 11.2 Å². The number of hydrogen-bond donors (Lipinski definition) is 0. The van der Waals surface area contributed by atoms with Crippen LogP contribution in [0.2, 0.25) is 5.02 Å². The third-order valence-electron chi connectivity index (χ3n) is 4.28. The van der Waals surface area contributed by atoms with Gasteiger partial charge >= 0.3 is 0 Å². The Hall–Kier alpha value is -2.47. The molecule has 3 rings (SSSR count). The van der Waals surface area contributed by atoms with E-state index in [2.05, 4.69) is 4.90 Å². The molecule has 2 amide bonds. The van der Waals surface area contributed by atoms with Gasteiger partial charge in [-0.05, 0) is 24.3 Å². The van der Waals surface area contributed by atoms with Gasteiger partial charge in [-0.1, -0.05) is 23.7 Å². The third-order valence-corrected chi connectivity index (χ3v) is 4.60. The molecule has 0 unspecified atom stereocenters. The van der Waals surface area contributed by atoms with Gasteiger partial charge in [0.1, 0.15) is 0 Å². The van der Waals surface area contributed by atoms with E-state index in [0.717, 1.165) is 5.69 Å². The molecular formula is C18H20ClN3O3. The molecule has 0 bridgehead atoms. The van der Waals surface area contributed by atoms with Gasteiger partial charge in [0.25, 0.3) is 5.91 Å². The fourth-order valence-corrected chi connectivity index (χ4v) is 3.12. The van der Waals surface area contributed by atoms with E-state index in [-0.39, 0.29) is 24.1 Å². The average molecular weight is 362 g/mol. The van der Waals surface area contributed by atoms with Crippen LogP contribution in [0.15, 0.2) is 47.1 Å². The Morgan fingerprint density at radius 2 is 1.84 bits per heavy atom. The largest absolute Gasteiger partial charge is 0.459 e. The van der Waals surface area contributed by atoms with Gasteiger partial charge in [-0.25, -0.2) is 0 Å². The minimum atomic E-state index is -0.298. The van der Waals surface area contributed by atoms with E-state index in [9.17, 15) is 9.59 Å². The molecule has 1 saturated heterocycles. The predicted octanol–water partition coefficient (Wildman–Crippen LogP) is 2.35. The fourth-order valence-electron chi connectivity index (χ4n) is 2.87. The molecule has 1 aromatic carbocycles. The number of rotatable bonds is 4. The van der Waals surface area contributed by atoms with E-state index in [4.69, 9.17) is 16.0 Å². The summed E-state index contributed by atoms with van der Waals surface area (Å²) in [5.41, 5.74) is 0.987. The third kappa shape index (κ3) is 3.96. The number of likely N-dealkylation sites (N-methyl/N-ethyl adjacent to an activating group) is 1. The lowest BCUT2D eigenvalue weighted by Crippen LogP contribution is -2.51. The summed E-state index contributed by atoms with van der Waals surface area (Å²) in [7, 11) is 1.60. The summed E-state index contributed by atoms with van der Waals surface area (Å²) < 4.78 is 5.08. The Labute approximate surface area is 151 Å². The number of piperazine rings is 1. The summed E-state index contributed by atoms with van der Waals surface area (Å²) in [5.74, 6) is -0.131. The second kappa shape index (κ2) is 7.61. The molecule has 0 N–H and O–H groups in total. The van der Waals surface area contributed by atoms with E-state index in [0.29, 0.717) is 31.2 Å². The molecule has 7 heteroatoms. The number of benzene rings is 1. The summed E-state index contributed by atoms with van der Waals surface area (Å²) in [6, 6.07) is 10.9. The number of amides is 2. The van der Waals surface area contributed by atoms with Crippen LogP contribution in [0.4, 0.5) is 5.69 Å². The van der Waals surface area contributed by atoms with Gasteiger partial charge in [-0.2, -0.15) is 0 Å². The van der Waals surface area contributed by atoms with Crippen LogP contribution in [-0.2, 0) is 4.79 Å². The molecule has 0 saturated carbocycles. The first-order valence-electron chi connectivity index (χ1n) is 8.12. The number of nitrogens with zero attached hydrogens (tertiary/aromatic N) is 3. The minimum Gasteiger partial charge on any atom is -0.459 e. The van der Waals surface area contributed by atoms with Crippen molar-refractivity contribution in [3.63, 3.8) is 0 Å². The number of halogens is 1. The molecule has 132 valence electrons. The fraction of sp³-hybridized carbons (Fsp3) is 0.333. The van der Waals surface area contributed by atoms with Gasteiger partial charge < -0.3 is 19.1 Å². The van der Waals surface area contributed by atoms with Gasteiger partial charge in [0.2, 0.25) is 5.91 Å². The number of hydrogen-bond acceptors (Lipinski definition) is 4. The van der Waals surface area contributed by atoms with E-state index < -0.39 is 0 Å². The second-order valence-corrected chi connectivity index (χ2v) is 6.36. The van der Waals surface area contributed by atoms with Crippen molar-refractivity contribution in [2.45, 2.75) is 0 Å². The van der Waals surface area contributed by atoms with Crippen LogP contribution < -0.4 is 4.90 Å². The summed E-state index contributed by atoms with van der Waals surface area (Å²) in [6.45, 7) is 2.67. The van der Waals surface area contributed by atoms with Crippen LogP contribution in [0.3, 0.4) is 0 Å². The Morgan fingerprint density at radius 1 is 1.12 bits per heavy atom. The van der Waals surface area contributed by atoms with E-state index >= 15 is 0 Å². The molecule has 25 heavy (non-hydrogen) atoms. The van der Waals surface area contributed by atoms with Crippen molar-refractivity contribution in [3.05, 3.63) is 53.4 Å². The summed E-state index contributed by atoms with van der Waals surface area (Å²) in [4.78, 5) is 29.9. The van der Waals surface area contributed by atoms with Crippen molar-refractivity contribution in [1.29, 1.82) is 0 Å². The molecule has 1 aliphatic rings. The van der Waals surface area contributed by atoms with Crippen LogP contribution in [-0.4, -0.2) is 61.4 Å². The highest BCUT2D eigenvalue weighted by atomic mass is 35.5. The topological polar surface area (TPSA) is 57.0 Å². The van der Waals surface area contributed by atoms with Gasteiger partial charge in [0.05, 0.1) is 23.5 Å². The van der Waals surface area contributed by atoms with Crippen molar-refractivity contribution in [3.8, 4) is 0 Å². The highest BCUT2D eigenvalue weighted by molar-refractivity contribution is 6.33. The SMILES string of the molecule is CN(CC(=O)N1CCN(c2ccccc2Cl)CC1)C(=O)c1ccco1. The van der Waals surface area contributed by atoms with Crippen LogP contribution in [0.1, 0.15) is 10.6 Å². The maximum atomic E-state index is 12.4. The quantitative estimate of drug-likeness (QED) is 0.838. The normalized spacial score (nSPS) is 14.5. The number of carbonyl (C=O) groups excluding carboxylic acids is 2. The summed E-state index contributed by atoms with van der Waals surface area (Å²) >= 11 is 6.23. The van der Waals surface area contributed by atoms with Gasteiger partial charge in [0, 0.05) is 33.2 Å². The average Bonchev–Trinajstić information content (AvgIpc) is 3.16. The highest BCUT2D eigenvalue weighted by Gasteiger charge is 2.25. The Kier molecular flexibility index (Phi) is 5.28. The molecule has 0 spiro atoms. The molecule has 2 aromatic rings. The number of furan rings is 1. The Balaban J connectivity index is 1.53. The predicted molar refractivity (Wildman–Crippen MR) is 95.9 cm³/mol. The minimum absolute atomic E-state index is 0.0334. The molecule has 0 atom stereocenters. The zero-order chi connectivity index (χ0) is 17.8. The molecular weight excluding hydrogens is 342 g/mol.